The van der Waals surface area contributed by atoms with Gasteiger partial charge in [0.2, 0.25) is 0 Å². The molecule has 0 unspecified atom stereocenters. The van der Waals surface area contributed by atoms with Crippen LogP contribution in [0.15, 0.2) is 24.8 Å². The van der Waals surface area contributed by atoms with Crippen molar-refractivity contribution in [3.8, 4) is 5.69 Å². The van der Waals surface area contributed by atoms with E-state index in [1.54, 1.807) is 23.3 Å². The predicted octanol–water partition coefficient (Wildman–Crippen LogP) is 0.671. The average Bonchev–Trinajstić information content (AvgIpc) is 2.71. The zero-order valence-corrected chi connectivity index (χ0v) is 7.38. The Morgan fingerprint density at radius 2 is 2.15 bits per heavy atom. The number of hydrogen-bond acceptors (Lipinski definition) is 3. The monoisotopic (exact) mass is 177 g/mol. The summed E-state index contributed by atoms with van der Waals surface area (Å²) in [5.41, 5.74) is 7.13. The molecule has 0 saturated heterocycles. The fraction of sp³-hybridized carbons (Fsp3) is 0.250. The first-order valence-electron chi connectivity index (χ1n) is 4.12. The first kappa shape index (κ1) is 7.85. The molecule has 0 aliphatic heterocycles. The van der Waals surface area contributed by atoms with E-state index < -0.39 is 0 Å². The Morgan fingerprint density at radius 3 is 2.69 bits per heavy atom. The molecule has 2 aromatic rings. The van der Waals surface area contributed by atoms with Crippen LogP contribution >= 0.6 is 0 Å². The van der Waals surface area contributed by atoms with Gasteiger partial charge < -0.3 is 5.73 Å². The number of aryl methyl sites for hydroxylation is 1. The average molecular weight is 177 g/mol. The SMILES string of the molecule is CCn1cc(-n2cc(N)cn2)cn1. The molecule has 0 aromatic carbocycles. The molecule has 0 aliphatic carbocycles. The van der Waals surface area contributed by atoms with Crippen molar-refractivity contribution in [1.29, 1.82) is 0 Å². The van der Waals surface area contributed by atoms with Crippen LogP contribution in [-0.4, -0.2) is 19.6 Å². The molecule has 0 bridgehead atoms. The van der Waals surface area contributed by atoms with Crippen molar-refractivity contribution in [2.75, 3.05) is 5.73 Å². The molecule has 13 heavy (non-hydrogen) atoms. The highest BCUT2D eigenvalue weighted by atomic mass is 15.3. The van der Waals surface area contributed by atoms with Crippen LogP contribution in [0.4, 0.5) is 5.69 Å². The first-order chi connectivity index (χ1) is 6.29. The minimum absolute atomic E-state index is 0.657. The third-order valence-corrected chi connectivity index (χ3v) is 1.81. The summed E-state index contributed by atoms with van der Waals surface area (Å²) in [7, 11) is 0. The van der Waals surface area contributed by atoms with Crippen molar-refractivity contribution >= 4 is 5.69 Å². The number of nitrogen functional groups attached to an aromatic ring is 1. The van der Waals surface area contributed by atoms with E-state index in [2.05, 4.69) is 10.2 Å². The van der Waals surface area contributed by atoms with Crippen molar-refractivity contribution in [2.24, 2.45) is 0 Å². The van der Waals surface area contributed by atoms with Gasteiger partial charge in [0.05, 0.1) is 30.5 Å². The molecule has 0 amide bonds. The van der Waals surface area contributed by atoms with E-state index in [9.17, 15) is 0 Å². The van der Waals surface area contributed by atoms with Crippen LogP contribution in [0.1, 0.15) is 6.92 Å². The minimum Gasteiger partial charge on any atom is -0.396 e. The van der Waals surface area contributed by atoms with Gasteiger partial charge in [0.25, 0.3) is 0 Å². The summed E-state index contributed by atoms with van der Waals surface area (Å²) in [6.45, 7) is 2.89. The van der Waals surface area contributed by atoms with Crippen molar-refractivity contribution in [1.82, 2.24) is 19.6 Å². The van der Waals surface area contributed by atoms with Crippen LogP contribution in [0.2, 0.25) is 0 Å². The van der Waals surface area contributed by atoms with Crippen LogP contribution in [0.5, 0.6) is 0 Å². The number of nitrogens with two attached hydrogens (primary N) is 1. The van der Waals surface area contributed by atoms with Crippen LogP contribution in [0.25, 0.3) is 5.69 Å². The molecule has 2 heterocycles. The Labute approximate surface area is 75.8 Å². The summed E-state index contributed by atoms with van der Waals surface area (Å²) < 4.78 is 3.54. The van der Waals surface area contributed by atoms with Gasteiger partial charge in [0.1, 0.15) is 5.69 Å². The second-order valence-electron chi connectivity index (χ2n) is 2.77. The summed E-state index contributed by atoms with van der Waals surface area (Å²) in [4.78, 5) is 0. The summed E-state index contributed by atoms with van der Waals surface area (Å²) in [5, 5.41) is 8.21. The van der Waals surface area contributed by atoms with Gasteiger partial charge in [-0.1, -0.05) is 0 Å². The molecule has 0 atom stereocenters. The molecule has 5 nitrogen and oxygen atoms in total. The lowest BCUT2D eigenvalue weighted by Gasteiger charge is -1.93. The van der Waals surface area contributed by atoms with E-state index in [0.29, 0.717) is 5.69 Å². The van der Waals surface area contributed by atoms with Crippen molar-refractivity contribution in [3.63, 3.8) is 0 Å². The standard InChI is InChI=1S/C8H11N5/c1-2-12-6-8(4-10-12)13-5-7(9)3-11-13/h3-6H,2,9H2,1H3. The minimum atomic E-state index is 0.657. The molecule has 0 fully saturated rings. The molecule has 0 radical (unpaired) electrons. The van der Waals surface area contributed by atoms with Crippen molar-refractivity contribution < 1.29 is 0 Å². The number of hydrogen-bond donors (Lipinski definition) is 1. The number of rotatable bonds is 2. The Bertz CT molecular complexity index is 400. The highest BCUT2D eigenvalue weighted by molar-refractivity contribution is 5.35. The summed E-state index contributed by atoms with van der Waals surface area (Å²) in [6, 6.07) is 0. The van der Waals surface area contributed by atoms with Gasteiger partial charge in [-0.25, -0.2) is 4.68 Å². The lowest BCUT2D eigenvalue weighted by atomic mass is 10.5. The second-order valence-corrected chi connectivity index (χ2v) is 2.77. The Hall–Kier alpha value is -1.78. The number of nitrogens with zero attached hydrogens (tertiary/aromatic N) is 4. The van der Waals surface area contributed by atoms with Crippen LogP contribution in [-0.2, 0) is 6.54 Å². The summed E-state index contributed by atoms with van der Waals surface area (Å²) in [5.74, 6) is 0. The van der Waals surface area contributed by atoms with E-state index in [0.717, 1.165) is 12.2 Å². The predicted molar refractivity (Wildman–Crippen MR) is 49.4 cm³/mol. The molecular weight excluding hydrogens is 166 g/mol. The summed E-state index contributed by atoms with van der Waals surface area (Å²) >= 11 is 0. The highest BCUT2D eigenvalue weighted by Gasteiger charge is 2.00. The van der Waals surface area contributed by atoms with E-state index in [1.807, 2.05) is 17.8 Å². The lowest BCUT2D eigenvalue weighted by Crippen LogP contribution is -1.94. The molecular formula is C8H11N5. The largest absolute Gasteiger partial charge is 0.396 e. The Morgan fingerprint density at radius 1 is 1.31 bits per heavy atom. The van der Waals surface area contributed by atoms with Crippen molar-refractivity contribution in [2.45, 2.75) is 13.5 Å². The van der Waals surface area contributed by atoms with E-state index in [4.69, 9.17) is 5.73 Å². The maximum atomic E-state index is 5.54. The Kier molecular flexibility index (Phi) is 1.77. The van der Waals surface area contributed by atoms with Gasteiger partial charge in [0.15, 0.2) is 0 Å². The van der Waals surface area contributed by atoms with Gasteiger partial charge in [-0.3, -0.25) is 4.68 Å². The van der Waals surface area contributed by atoms with Crippen LogP contribution < -0.4 is 5.73 Å². The fourth-order valence-electron chi connectivity index (χ4n) is 1.12. The molecule has 2 rings (SSSR count). The zero-order chi connectivity index (χ0) is 9.26. The molecule has 2 aromatic heterocycles. The molecule has 2 N–H and O–H groups in total. The molecule has 0 saturated carbocycles. The topological polar surface area (TPSA) is 61.7 Å². The number of aromatic nitrogens is 4. The molecule has 0 aliphatic rings. The van der Waals surface area contributed by atoms with Gasteiger partial charge in [-0.05, 0) is 6.92 Å². The van der Waals surface area contributed by atoms with E-state index in [-0.39, 0.29) is 0 Å². The van der Waals surface area contributed by atoms with E-state index in [1.165, 1.54) is 0 Å². The lowest BCUT2D eigenvalue weighted by molar-refractivity contribution is 0.659. The van der Waals surface area contributed by atoms with E-state index >= 15 is 0 Å². The molecule has 0 spiro atoms. The zero-order valence-electron chi connectivity index (χ0n) is 7.38. The van der Waals surface area contributed by atoms with Crippen LogP contribution in [0, 0.1) is 0 Å². The fourth-order valence-corrected chi connectivity index (χ4v) is 1.12. The quantitative estimate of drug-likeness (QED) is 0.733. The first-order valence-corrected chi connectivity index (χ1v) is 4.12. The maximum Gasteiger partial charge on any atom is 0.103 e. The second kappa shape index (κ2) is 2.93. The molecule has 5 heteroatoms. The third kappa shape index (κ3) is 1.40. The number of anilines is 1. The van der Waals surface area contributed by atoms with Crippen molar-refractivity contribution in [3.05, 3.63) is 24.8 Å². The van der Waals surface area contributed by atoms with Gasteiger partial charge in [-0.15, -0.1) is 0 Å². The normalized spacial score (nSPS) is 10.5. The van der Waals surface area contributed by atoms with Gasteiger partial charge in [-0.2, -0.15) is 10.2 Å². The van der Waals surface area contributed by atoms with Crippen LogP contribution in [0.3, 0.4) is 0 Å². The molecule has 68 valence electrons. The third-order valence-electron chi connectivity index (χ3n) is 1.81. The van der Waals surface area contributed by atoms with Gasteiger partial charge in [0, 0.05) is 6.54 Å². The maximum absolute atomic E-state index is 5.54. The van der Waals surface area contributed by atoms with Gasteiger partial charge >= 0.3 is 0 Å². The Balaban J connectivity index is 2.35. The highest BCUT2D eigenvalue weighted by Crippen LogP contribution is 2.07. The smallest absolute Gasteiger partial charge is 0.103 e. The summed E-state index contributed by atoms with van der Waals surface area (Å²) in [6.07, 6.45) is 7.06.